The van der Waals surface area contributed by atoms with Gasteiger partial charge in [0, 0.05) is 23.9 Å². The van der Waals surface area contributed by atoms with Crippen molar-refractivity contribution >= 4 is 23.8 Å². The van der Waals surface area contributed by atoms with Gasteiger partial charge in [-0.1, -0.05) is 18.2 Å². The minimum Gasteiger partial charge on any atom is -0.447 e. The molecule has 1 fully saturated rings. The number of hydrogen-bond donors (Lipinski definition) is 1. The monoisotopic (exact) mass is 358 g/mol. The zero-order valence-electron chi connectivity index (χ0n) is 13.7. The number of nitrogens with zero attached hydrogens (tertiary/aromatic N) is 1. The van der Waals surface area contributed by atoms with Gasteiger partial charge >= 0.3 is 6.09 Å². The van der Waals surface area contributed by atoms with E-state index in [1.807, 2.05) is 0 Å². The van der Waals surface area contributed by atoms with Gasteiger partial charge in [0.1, 0.15) is 18.2 Å². The summed E-state index contributed by atoms with van der Waals surface area (Å²) < 4.78 is 31.9. The van der Waals surface area contributed by atoms with Gasteiger partial charge in [-0.25, -0.2) is 13.6 Å². The summed E-state index contributed by atoms with van der Waals surface area (Å²) in [5.74, 6) is -1.96. The van der Waals surface area contributed by atoms with Gasteiger partial charge in [-0.2, -0.15) is 0 Å². The molecule has 2 amide bonds. The number of anilines is 1. The first kappa shape index (κ1) is 17.6. The van der Waals surface area contributed by atoms with Crippen LogP contribution in [0.15, 0.2) is 48.5 Å². The molecule has 2 aromatic rings. The van der Waals surface area contributed by atoms with Crippen molar-refractivity contribution in [3.05, 3.63) is 71.3 Å². The second-order valence-electron chi connectivity index (χ2n) is 5.62. The molecule has 134 valence electrons. The van der Waals surface area contributed by atoms with Crippen LogP contribution in [0.3, 0.4) is 0 Å². The fraction of sp³-hybridized carbons (Fsp3) is 0.158. The van der Waals surface area contributed by atoms with E-state index in [1.165, 1.54) is 11.0 Å². The van der Waals surface area contributed by atoms with Gasteiger partial charge < -0.3 is 10.1 Å². The molecular formula is C19H16F2N2O3. The number of ether oxygens (including phenoxy) is 1. The Morgan fingerprint density at radius 3 is 2.62 bits per heavy atom. The highest BCUT2D eigenvalue weighted by Gasteiger charge is 2.23. The van der Waals surface area contributed by atoms with Crippen LogP contribution in [0.4, 0.5) is 19.3 Å². The van der Waals surface area contributed by atoms with E-state index in [0.29, 0.717) is 18.8 Å². The topological polar surface area (TPSA) is 58.6 Å². The van der Waals surface area contributed by atoms with E-state index in [-0.39, 0.29) is 12.1 Å². The van der Waals surface area contributed by atoms with Crippen molar-refractivity contribution < 1.29 is 23.1 Å². The fourth-order valence-electron chi connectivity index (χ4n) is 2.54. The molecule has 5 nitrogen and oxygen atoms in total. The van der Waals surface area contributed by atoms with Gasteiger partial charge in [0.2, 0.25) is 5.91 Å². The van der Waals surface area contributed by atoms with Crippen molar-refractivity contribution in [2.45, 2.75) is 6.54 Å². The summed E-state index contributed by atoms with van der Waals surface area (Å²) in [6.45, 7) is 1.03. The van der Waals surface area contributed by atoms with E-state index in [1.54, 1.807) is 24.3 Å². The number of benzene rings is 2. The van der Waals surface area contributed by atoms with Gasteiger partial charge in [0.05, 0.1) is 6.54 Å². The maximum absolute atomic E-state index is 13.5. The van der Waals surface area contributed by atoms with Crippen molar-refractivity contribution in [1.82, 2.24) is 5.32 Å². The smallest absolute Gasteiger partial charge is 0.414 e. The average Bonchev–Trinajstić information content (AvgIpc) is 3.06. The van der Waals surface area contributed by atoms with E-state index in [9.17, 15) is 18.4 Å². The molecule has 0 radical (unpaired) electrons. The van der Waals surface area contributed by atoms with E-state index in [4.69, 9.17) is 4.74 Å². The first-order chi connectivity index (χ1) is 12.5. The molecule has 26 heavy (non-hydrogen) atoms. The number of carbonyl (C=O) groups is 2. The number of amides is 2. The number of rotatable bonds is 5. The first-order valence-electron chi connectivity index (χ1n) is 7.98. The number of nitrogens with one attached hydrogen (secondary N) is 1. The minimum absolute atomic E-state index is 0.208. The Bertz CT molecular complexity index is 847. The van der Waals surface area contributed by atoms with E-state index >= 15 is 0 Å². The molecule has 1 heterocycles. The van der Waals surface area contributed by atoms with Crippen LogP contribution in [0, 0.1) is 11.6 Å². The average molecular weight is 358 g/mol. The van der Waals surface area contributed by atoms with Crippen molar-refractivity contribution in [3.8, 4) is 0 Å². The number of halogens is 2. The summed E-state index contributed by atoms with van der Waals surface area (Å²) in [5, 5.41) is 2.63. The van der Waals surface area contributed by atoms with Crippen molar-refractivity contribution in [2.24, 2.45) is 0 Å². The summed E-state index contributed by atoms with van der Waals surface area (Å²) in [6, 6.07) is 10.6. The quantitative estimate of drug-likeness (QED) is 0.835. The Labute approximate surface area is 148 Å². The summed E-state index contributed by atoms with van der Waals surface area (Å²) in [7, 11) is 0. The highest BCUT2D eigenvalue weighted by Crippen LogP contribution is 2.20. The number of hydrogen-bond acceptors (Lipinski definition) is 3. The summed E-state index contributed by atoms with van der Waals surface area (Å²) in [6.07, 6.45) is 1.76. The zero-order valence-corrected chi connectivity index (χ0v) is 13.7. The minimum atomic E-state index is -0.737. The fourth-order valence-corrected chi connectivity index (χ4v) is 2.54. The molecule has 0 aromatic heterocycles. The Morgan fingerprint density at radius 1 is 1.19 bits per heavy atom. The van der Waals surface area contributed by atoms with Crippen molar-refractivity contribution in [2.75, 3.05) is 18.1 Å². The molecule has 3 rings (SSSR count). The predicted molar refractivity (Wildman–Crippen MR) is 92.4 cm³/mol. The Kier molecular flexibility index (Phi) is 5.26. The lowest BCUT2D eigenvalue weighted by atomic mass is 10.1. The van der Waals surface area contributed by atoms with Gasteiger partial charge in [0.25, 0.3) is 0 Å². The Hall–Kier alpha value is -3.22. The molecule has 2 aromatic carbocycles. The van der Waals surface area contributed by atoms with Crippen LogP contribution in [-0.2, 0) is 16.1 Å². The molecule has 1 aliphatic rings. The first-order valence-corrected chi connectivity index (χ1v) is 7.98. The molecule has 1 saturated heterocycles. The summed E-state index contributed by atoms with van der Waals surface area (Å²) in [5.41, 5.74) is 1.20. The summed E-state index contributed by atoms with van der Waals surface area (Å²) in [4.78, 5) is 25.0. The third-order valence-corrected chi connectivity index (χ3v) is 3.85. The van der Waals surface area contributed by atoms with Crippen LogP contribution in [0.5, 0.6) is 0 Å². The van der Waals surface area contributed by atoms with E-state index < -0.39 is 23.6 Å². The maximum Gasteiger partial charge on any atom is 0.414 e. The van der Waals surface area contributed by atoms with Gasteiger partial charge in [-0.05, 0) is 35.9 Å². The van der Waals surface area contributed by atoms with Crippen LogP contribution in [0.25, 0.3) is 6.08 Å². The SMILES string of the molecule is O=C(/C=C/c1c(F)cccc1F)NCc1cccc(N2CCOC2=O)c1. The lowest BCUT2D eigenvalue weighted by Crippen LogP contribution is -2.24. The molecule has 0 unspecified atom stereocenters. The molecule has 7 heteroatoms. The predicted octanol–water partition coefficient (Wildman–Crippen LogP) is 3.25. The molecule has 0 aliphatic carbocycles. The van der Waals surface area contributed by atoms with Crippen LogP contribution < -0.4 is 10.2 Å². The molecule has 0 atom stereocenters. The molecular weight excluding hydrogens is 342 g/mol. The highest BCUT2D eigenvalue weighted by molar-refractivity contribution is 5.92. The van der Waals surface area contributed by atoms with Gasteiger partial charge in [-0.15, -0.1) is 0 Å². The van der Waals surface area contributed by atoms with E-state index in [2.05, 4.69) is 5.32 Å². The Morgan fingerprint density at radius 2 is 1.92 bits per heavy atom. The normalized spacial score (nSPS) is 13.9. The standard InChI is InChI=1S/C19H16F2N2O3/c20-16-5-2-6-17(21)15(16)7-8-18(24)22-12-13-3-1-4-14(11-13)23-9-10-26-19(23)25/h1-8,11H,9-10,12H2,(H,22,24)/b8-7+. The maximum atomic E-state index is 13.5. The largest absolute Gasteiger partial charge is 0.447 e. The highest BCUT2D eigenvalue weighted by atomic mass is 19.1. The van der Waals surface area contributed by atoms with Crippen LogP contribution in [-0.4, -0.2) is 25.2 Å². The van der Waals surface area contributed by atoms with Crippen LogP contribution in [0.2, 0.25) is 0 Å². The Balaban J connectivity index is 1.61. The third-order valence-electron chi connectivity index (χ3n) is 3.85. The number of cyclic esters (lactones) is 1. The van der Waals surface area contributed by atoms with Gasteiger partial charge in [-0.3, -0.25) is 9.69 Å². The molecule has 0 saturated carbocycles. The number of carbonyl (C=O) groups excluding carboxylic acids is 2. The van der Waals surface area contributed by atoms with Crippen molar-refractivity contribution in [3.63, 3.8) is 0 Å². The molecule has 1 aliphatic heterocycles. The van der Waals surface area contributed by atoms with Crippen LogP contribution >= 0.6 is 0 Å². The van der Waals surface area contributed by atoms with E-state index in [0.717, 1.165) is 29.8 Å². The molecule has 1 N–H and O–H groups in total. The summed E-state index contributed by atoms with van der Waals surface area (Å²) >= 11 is 0. The lowest BCUT2D eigenvalue weighted by molar-refractivity contribution is -0.116. The molecule has 0 bridgehead atoms. The lowest BCUT2D eigenvalue weighted by Gasteiger charge is -2.13. The second kappa shape index (κ2) is 7.77. The van der Waals surface area contributed by atoms with Crippen molar-refractivity contribution in [1.29, 1.82) is 0 Å². The van der Waals surface area contributed by atoms with Crippen LogP contribution in [0.1, 0.15) is 11.1 Å². The zero-order chi connectivity index (χ0) is 18.5. The second-order valence-corrected chi connectivity index (χ2v) is 5.62. The third kappa shape index (κ3) is 4.05. The molecule has 0 spiro atoms. The van der Waals surface area contributed by atoms with Gasteiger partial charge in [0.15, 0.2) is 0 Å².